The molecule has 1 nitrogen and oxygen atoms in total. The molecule has 0 aromatic heterocycles. The lowest BCUT2D eigenvalue weighted by Crippen LogP contribution is -2.18. The van der Waals surface area contributed by atoms with Gasteiger partial charge in [0.15, 0.2) is 0 Å². The summed E-state index contributed by atoms with van der Waals surface area (Å²) in [4.78, 5) is 0. The molecule has 1 N–H and O–H groups in total. The van der Waals surface area contributed by atoms with Gasteiger partial charge in [-0.1, -0.05) is 19.3 Å². The van der Waals surface area contributed by atoms with E-state index in [-0.39, 0.29) is 0 Å². The van der Waals surface area contributed by atoms with Crippen LogP contribution in [-0.4, -0.2) is 11.7 Å². The van der Waals surface area contributed by atoms with Crippen molar-refractivity contribution in [2.45, 2.75) is 44.9 Å². The van der Waals surface area contributed by atoms with Gasteiger partial charge in [0.05, 0.1) is 0 Å². The number of hydrogen-bond donors (Lipinski definition) is 1. The highest BCUT2D eigenvalue weighted by Crippen LogP contribution is 2.58. The SMILES string of the molecule is OCC1CCCCCC12CC2. The van der Waals surface area contributed by atoms with Crippen LogP contribution in [0.4, 0.5) is 0 Å². The second-order valence-corrected chi connectivity index (χ2v) is 4.34. The molecule has 1 unspecified atom stereocenters. The van der Waals surface area contributed by atoms with E-state index in [1.807, 2.05) is 0 Å². The summed E-state index contributed by atoms with van der Waals surface area (Å²) >= 11 is 0. The Balaban J connectivity index is 2.01. The summed E-state index contributed by atoms with van der Waals surface area (Å²) in [6.07, 6.45) is 9.66. The lowest BCUT2D eigenvalue weighted by molar-refractivity contribution is 0.154. The van der Waals surface area contributed by atoms with Gasteiger partial charge in [-0.2, -0.15) is 0 Å². The molecule has 0 radical (unpaired) electrons. The van der Waals surface area contributed by atoms with Crippen molar-refractivity contribution in [3.05, 3.63) is 0 Å². The zero-order valence-corrected chi connectivity index (χ0v) is 7.18. The van der Waals surface area contributed by atoms with Crippen molar-refractivity contribution in [3.8, 4) is 0 Å². The molecule has 2 fully saturated rings. The summed E-state index contributed by atoms with van der Waals surface area (Å²) in [6, 6.07) is 0. The molecular weight excluding hydrogens is 136 g/mol. The second kappa shape index (κ2) is 2.78. The van der Waals surface area contributed by atoms with Crippen LogP contribution in [0.15, 0.2) is 0 Å². The lowest BCUT2D eigenvalue weighted by Gasteiger charge is -2.21. The number of rotatable bonds is 1. The van der Waals surface area contributed by atoms with Crippen molar-refractivity contribution in [2.24, 2.45) is 11.3 Å². The zero-order chi connectivity index (χ0) is 7.73. The van der Waals surface area contributed by atoms with E-state index in [1.165, 1.54) is 44.9 Å². The molecular formula is C10H18O. The maximum Gasteiger partial charge on any atom is 0.0464 e. The predicted molar refractivity (Wildman–Crippen MR) is 45.3 cm³/mol. The van der Waals surface area contributed by atoms with Gasteiger partial charge in [0, 0.05) is 6.61 Å². The van der Waals surface area contributed by atoms with Crippen LogP contribution < -0.4 is 0 Å². The Hall–Kier alpha value is -0.0400. The Bertz CT molecular complexity index is 138. The van der Waals surface area contributed by atoms with Crippen LogP contribution in [0.1, 0.15) is 44.9 Å². The highest BCUT2D eigenvalue weighted by Gasteiger charge is 2.48. The minimum atomic E-state index is 0.444. The van der Waals surface area contributed by atoms with Crippen LogP contribution in [0.3, 0.4) is 0 Å². The van der Waals surface area contributed by atoms with E-state index >= 15 is 0 Å². The smallest absolute Gasteiger partial charge is 0.0464 e. The topological polar surface area (TPSA) is 20.2 Å². The van der Waals surface area contributed by atoms with E-state index in [0.717, 1.165) is 0 Å². The van der Waals surface area contributed by atoms with E-state index in [0.29, 0.717) is 17.9 Å². The van der Waals surface area contributed by atoms with Crippen LogP contribution in [0, 0.1) is 11.3 Å². The van der Waals surface area contributed by atoms with Crippen molar-refractivity contribution in [1.82, 2.24) is 0 Å². The Kier molecular flexibility index (Phi) is 1.92. The molecule has 1 spiro atoms. The average molecular weight is 154 g/mol. The van der Waals surface area contributed by atoms with Crippen LogP contribution in [0.5, 0.6) is 0 Å². The molecule has 2 aliphatic rings. The first-order valence-corrected chi connectivity index (χ1v) is 4.98. The fourth-order valence-corrected chi connectivity index (χ4v) is 2.66. The van der Waals surface area contributed by atoms with Gasteiger partial charge in [0.2, 0.25) is 0 Å². The highest BCUT2D eigenvalue weighted by molar-refractivity contribution is 4.98. The molecule has 0 saturated heterocycles. The Morgan fingerprint density at radius 1 is 1.09 bits per heavy atom. The largest absolute Gasteiger partial charge is 0.396 e. The first kappa shape index (κ1) is 7.60. The van der Waals surface area contributed by atoms with Crippen LogP contribution in [0.25, 0.3) is 0 Å². The molecule has 1 atom stereocenters. The number of aliphatic hydroxyl groups is 1. The van der Waals surface area contributed by atoms with Crippen molar-refractivity contribution < 1.29 is 5.11 Å². The molecule has 1 heteroatoms. The quantitative estimate of drug-likeness (QED) is 0.614. The Morgan fingerprint density at radius 2 is 1.91 bits per heavy atom. The number of aliphatic hydroxyl groups excluding tert-OH is 1. The molecule has 2 rings (SSSR count). The highest BCUT2D eigenvalue weighted by atomic mass is 16.3. The minimum Gasteiger partial charge on any atom is -0.396 e. The van der Waals surface area contributed by atoms with E-state index < -0.39 is 0 Å². The van der Waals surface area contributed by atoms with Crippen LogP contribution in [-0.2, 0) is 0 Å². The first-order chi connectivity index (χ1) is 5.37. The summed E-state index contributed by atoms with van der Waals surface area (Å²) in [6.45, 7) is 0.444. The zero-order valence-electron chi connectivity index (χ0n) is 7.18. The summed E-state index contributed by atoms with van der Waals surface area (Å²) < 4.78 is 0. The van der Waals surface area contributed by atoms with Gasteiger partial charge in [-0.15, -0.1) is 0 Å². The van der Waals surface area contributed by atoms with Crippen molar-refractivity contribution in [1.29, 1.82) is 0 Å². The van der Waals surface area contributed by atoms with E-state index in [4.69, 9.17) is 0 Å². The molecule has 0 aromatic carbocycles. The fourth-order valence-electron chi connectivity index (χ4n) is 2.66. The normalized spacial score (nSPS) is 35.2. The third-order valence-corrected chi connectivity index (χ3v) is 3.71. The van der Waals surface area contributed by atoms with Crippen LogP contribution >= 0.6 is 0 Å². The summed E-state index contributed by atoms with van der Waals surface area (Å²) in [5.74, 6) is 0.657. The third kappa shape index (κ3) is 1.31. The minimum absolute atomic E-state index is 0.444. The van der Waals surface area contributed by atoms with Gasteiger partial charge in [-0.3, -0.25) is 0 Å². The second-order valence-electron chi connectivity index (χ2n) is 4.34. The van der Waals surface area contributed by atoms with Crippen molar-refractivity contribution in [3.63, 3.8) is 0 Å². The predicted octanol–water partition coefficient (Wildman–Crippen LogP) is 2.34. The van der Waals surface area contributed by atoms with Gasteiger partial charge in [-0.25, -0.2) is 0 Å². The fraction of sp³-hybridized carbons (Fsp3) is 1.00. The van der Waals surface area contributed by atoms with Gasteiger partial charge in [0.25, 0.3) is 0 Å². The molecule has 0 bridgehead atoms. The molecule has 0 aliphatic heterocycles. The molecule has 11 heavy (non-hydrogen) atoms. The maximum atomic E-state index is 9.19. The Morgan fingerprint density at radius 3 is 2.55 bits per heavy atom. The van der Waals surface area contributed by atoms with Gasteiger partial charge < -0.3 is 5.11 Å². The standard InChI is InChI=1S/C10H18O/c11-8-9-4-2-1-3-5-10(9)6-7-10/h9,11H,1-8H2. The maximum absolute atomic E-state index is 9.19. The summed E-state index contributed by atoms with van der Waals surface area (Å²) in [5.41, 5.74) is 0.630. The lowest BCUT2D eigenvalue weighted by atomic mass is 9.85. The van der Waals surface area contributed by atoms with Gasteiger partial charge in [-0.05, 0) is 37.0 Å². The van der Waals surface area contributed by atoms with E-state index in [1.54, 1.807) is 0 Å². The molecule has 64 valence electrons. The van der Waals surface area contributed by atoms with Crippen molar-refractivity contribution >= 4 is 0 Å². The summed E-state index contributed by atoms with van der Waals surface area (Å²) in [7, 11) is 0. The van der Waals surface area contributed by atoms with Crippen molar-refractivity contribution in [2.75, 3.05) is 6.61 Å². The Labute approximate surface area is 68.8 Å². The van der Waals surface area contributed by atoms with E-state index in [9.17, 15) is 5.11 Å². The molecule has 0 heterocycles. The van der Waals surface area contributed by atoms with Gasteiger partial charge in [0.1, 0.15) is 0 Å². The molecule has 0 aromatic rings. The molecule has 2 saturated carbocycles. The monoisotopic (exact) mass is 154 g/mol. The number of hydrogen-bond acceptors (Lipinski definition) is 1. The molecule has 2 aliphatic carbocycles. The summed E-state index contributed by atoms with van der Waals surface area (Å²) in [5, 5.41) is 9.19. The van der Waals surface area contributed by atoms with Gasteiger partial charge >= 0.3 is 0 Å². The first-order valence-electron chi connectivity index (χ1n) is 4.98. The molecule has 0 amide bonds. The average Bonchev–Trinajstić information content (AvgIpc) is 2.80. The van der Waals surface area contributed by atoms with Crippen LogP contribution in [0.2, 0.25) is 0 Å². The third-order valence-electron chi connectivity index (χ3n) is 3.71. The van der Waals surface area contributed by atoms with E-state index in [2.05, 4.69) is 0 Å².